The molecule has 0 aromatic heterocycles. The zero-order valence-corrected chi connectivity index (χ0v) is 20.8. The van der Waals surface area contributed by atoms with Crippen LogP contribution in [0, 0.1) is 11.8 Å². The van der Waals surface area contributed by atoms with Gasteiger partial charge in [0.25, 0.3) is 0 Å². The van der Waals surface area contributed by atoms with Crippen LogP contribution < -0.4 is 10.1 Å². The smallest absolute Gasteiger partial charge is 0.193 e. The van der Waals surface area contributed by atoms with E-state index in [9.17, 15) is 0 Å². The normalized spacial score (nSPS) is 21.8. The Morgan fingerprint density at radius 2 is 1.97 bits per heavy atom. The van der Waals surface area contributed by atoms with Gasteiger partial charge in [0.1, 0.15) is 5.75 Å². The van der Waals surface area contributed by atoms with Gasteiger partial charge in [-0.2, -0.15) is 0 Å². The molecule has 0 radical (unpaired) electrons. The largest absolute Gasteiger partial charge is 0.497 e. The Balaban J connectivity index is 0.00000300. The molecule has 0 amide bonds. The summed E-state index contributed by atoms with van der Waals surface area (Å²) in [6.45, 7) is 9.38. The minimum absolute atomic E-state index is 0. The molecule has 164 valence electrons. The summed E-state index contributed by atoms with van der Waals surface area (Å²) in [6, 6.07) is 8.56. The van der Waals surface area contributed by atoms with E-state index in [0.29, 0.717) is 0 Å². The summed E-state index contributed by atoms with van der Waals surface area (Å²) >= 11 is 0. The van der Waals surface area contributed by atoms with Gasteiger partial charge in [-0.15, -0.1) is 24.0 Å². The summed E-state index contributed by atoms with van der Waals surface area (Å²) in [4.78, 5) is 7.04. The number of aliphatic imine (C=N–C) groups is 1. The van der Waals surface area contributed by atoms with Crippen LogP contribution >= 0.6 is 24.0 Å². The molecule has 3 rings (SSSR count). The van der Waals surface area contributed by atoms with E-state index in [1.807, 2.05) is 7.05 Å². The molecule has 0 saturated carbocycles. The number of nitrogens with zero attached hydrogens (tertiary/aromatic N) is 2. The van der Waals surface area contributed by atoms with Crippen molar-refractivity contribution >= 4 is 29.9 Å². The Morgan fingerprint density at radius 1 is 1.28 bits per heavy atom. The second-order valence-electron chi connectivity index (χ2n) is 8.75. The fraction of sp³-hybridized carbons (Fsp3) is 0.696. The van der Waals surface area contributed by atoms with E-state index >= 15 is 0 Å². The highest BCUT2D eigenvalue weighted by Gasteiger charge is 2.35. The summed E-state index contributed by atoms with van der Waals surface area (Å²) in [7, 11) is 3.62. The van der Waals surface area contributed by atoms with Gasteiger partial charge in [-0.1, -0.05) is 26.0 Å². The summed E-state index contributed by atoms with van der Waals surface area (Å²) in [6.07, 6.45) is 4.63. The zero-order chi connectivity index (χ0) is 20.0. The number of ether oxygens (including phenoxy) is 2. The average molecular weight is 515 g/mol. The van der Waals surface area contributed by atoms with Crippen LogP contribution in [0.1, 0.15) is 45.1 Å². The van der Waals surface area contributed by atoms with Crippen LogP contribution in [0.3, 0.4) is 0 Å². The van der Waals surface area contributed by atoms with Gasteiger partial charge in [-0.05, 0) is 55.2 Å². The van der Waals surface area contributed by atoms with E-state index in [0.717, 1.165) is 69.2 Å². The van der Waals surface area contributed by atoms with Crippen molar-refractivity contribution in [2.75, 3.05) is 47.0 Å². The van der Waals surface area contributed by atoms with Gasteiger partial charge in [0.05, 0.1) is 7.11 Å². The molecule has 1 aromatic rings. The molecule has 0 spiro atoms. The fourth-order valence-corrected chi connectivity index (χ4v) is 4.74. The quantitative estimate of drug-likeness (QED) is 0.349. The molecule has 5 nitrogen and oxygen atoms in total. The van der Waals surface area contributed by atoms with Crippen molar-refractivity contribution in [1.29, 1.82) is 0 Å². The second-order valence-corrected chi connectivity index (χ2v) is 8.75. The minimum atomic E-state index is 0. The highest BCUT2D eigenvalue weighted by Crippen LogP contribution is 2.35. The predicted molar refractivity (Wildman–Crippen MR) is 131 cm³/mol. The maximum absolute atomic E-state index is 5.68. The number of methoxy groups -OCH3 is 1. The average Bonchev–Trinajstić information content (AvgIpc) is 3.17. The Morgan fingerprint density at radius 3 is 2.55 bits per heavy atom. The van der Waals surface area contributed by atoms with E-state index in [2.05, 4.69) is 53.3 Å². The molecule has 1 aromatic carbocycles. The van der Waals surface area contributed by atoms with Crippen molar-refractivity contribution < 1.29 is 9.47 Å². The molecule has 1 N–H and O–H groups in total. The molecule has 29 heavy (non-hydrogen) atoms. The maximum atomic E-state index is 5.68. The molecule has 1 atom stereocenters. The number of likely N-dealkylation sites (tertiary alicyclic amines) is 1. The minimum Gasteiger partial charge on any atom is -0.497 e. The van der Waals surface area contributed by atoms with Crippen molar-refractivity contribution in [1.82, 2.24) is 10.2 Å². The van der Waals surface area contributed by atoms with Crippen LogP contribution in [0.15, 0.2) is 29.3 Å². The lowest BCUT2D eigenvalue weighted by Crippen LogP contribution is -2.48. The van der Waals surface area contributed by atoms with E-state index < -0.39 is 0 Å². The molecule has 1 unspecified atom stereocenters. The summed E-state index contributed by atoms with van der Waals surface area (Å²) in [5.41, 5.74) is 1.44. The summed E-state index contributed by atoms with van der Waals surface area (Å²) in [5, 5.41) is 3.71. The van der Waals surface area contributed by atoms with Gasteiger partial charge < -0.3 is 19.7 Å². The highest BCUT2D eigenvalue weighted by atomic mass is 127. The molecular weight excluding hydrogens is 477 g/mol. The van der Waals surface area contributed by atoms with E-state index in [4.69, 9.17) is 9.47 Å². The standard InChI is InChI=1S/C23H37N3O2.HI/c1-18(2)15-19-9-12-26(16-19)22(24-3)25-17-23(10-13-28-14-11-23)20-5-7-21(27-4)8-6-20;/h5-8,18-19H,9-17H2,1-4H3,(H,24,25);1H. The molecule has 2 aliphatic rings. The first kappa shape index (κ1) is 24.3. The number of benzene rings is 1. The first-order chi connectivity index (χ1) is 13.6. The lowest BCUT2D eigenvalue weighted by molar-refractivity contribution is 0.0512. The first-order valence-electron chi connectivity index (χ1n) is 10.7. The number of guanidine groups is 1. The first-order valence-corrected chi connectivity index (χ1v) is 10.7. The van der Waals surface area contributed by atoms with E-state index in [-0.39, 0.29) is 29.4 Å². The van der Waals surface area contributed by atoms with Crippen LogP contribution in [-0.2, 0) is 10.2 Å². The van der Waals surface area contributed by atoms with Gasteiger partial charge in [-0.3, -0.25) is 4.99 Å². The van der Waals surface area contributed by atoms with Gasteiger partial charge in [0.2, 0.25) is 0 Å². The van der Waals surface area contributed by atoms with Crippen LogP contribution in [-0.4, -0.2) is 57.9 Å². The molecule has 2 saturated heterocycles. The third-order valence-corrected chi connectivity index (χ3v) is 6.34. The van der Waals surface area contributed by atoms with Crippen molar-refractivity contribution in [2.24, 2.45) is 16.8 Å². The van der Waals surface area contributed by atoms with Crippen molar-refractivity contribution in [3.05, 3.63) is 29.8 Å². The van der Waals surface area contributed by atoms with Crippen LogP contribution in [0.25, 0.3) is 0 Å². The Hall–Kier alpha value is -1.02. The number of hydrogen-bond acceptors (Lipinski definition) is 3. The van der Waals surface area contributed by atoms with Gasteiger partial charge in [0, 0.05) is 45.3 Å². The second kappa shape index (κ2) is 11.4. The summed E-state index contributed by atoms with van der Waals surface area (Å²) in [5.74, 6) is 3.51. The lowest BCUT2D eigenvalue weighted by atomic mass is 9.74. The zero-order valence-electron chi connectivity index (χ0n) is 18.4. The molecule has 2 heterocycles. The topological polar surface area (TPSA) is 46.1 Å². The summed E-state index contributed by atoms with van der Waals surface area (Å²) < 4.78 is 11.0. The molecule has 2 fully saturated rings. The third-order valence-electron chi connectivity index (χ3n) is 6.34. The van der Waals surface area contributed by atoms with Crippen LogP contribution in [0.5, 0.6) is 5.75 Å². The van der Waals surface area contributed by atoms with E-state index in [1.165, 1.54) is 18.4 Å². The van der Waals surface area contributed by atoms with Crippen molar-refractivity contribution in [2.45, 2.75) is 44.9 Å². The maximum Gasteiger partial charge on any atom is 0.193 e. The van der Waals surface area contributed by atoms with Crippen LogP contribution in [0.4, 0.5) is 0 Å². The molecule has 6 heteroatoms. The molecule has 0 bridgehead atoms. The Kier molecular flexibility index (Phi) is 9.53. The number of nitrogens with one attached hydrogen (secondary N) is 1. The van der Waals surface area contributed by atoms with Crippen molar-refractivity contribution in [3.63, 3.8) is 0 Å². The Labute approximate surface area is 193 Å². The van der Waals surface area contributed by atoms with Gasteiger partial charge in [-0.25, -0.2) is 0 Å². The Bertz CT molecular complexity index is 642. The fourth-order valence-electron chi connectivity index (χ4n) is 4.74. The number of rotatable bonds is 6. The number of halogens is 1. The van der Waals surface area contributed by atoms with Gasteiger partial charge in [0.15, 0.2) is 5.96 Å². The van der Waals surface area contributed by atoms with Crippen LogP contribution in [0.2, 0.25) is 0 Å². The predicted octanol–water partition coefficient (Wildman–Crippen LogP) is 4.30. The molecule has 2 aliphatic heterocycles. The monoisotopic (exact) mass is 515 g/mol. The molecule has 0 aliphatic carbocycles. The SMILES string of the molecule is CN=C(NCC1(c2ccc(OC)cc2)CCOCC1)N1CCC(CC(C)C)C1.I. The van der Waals surface area contributed by atoms with Crippen molar-refractivity contribution in [3.8, 4) is 5.75 Å². The lowest BCUT2D eigenvalue weighted by Gasteiger charge is -2.39. The third kappa shape index (κ3) is 6.23. The number of hydrogen-bond donors (Lipinski definition) is 1. The van der Waals surface area contributed by atoms with Gasteiger partial charge >= 0.3 is 0 Å². The van der Waals surface area contributed by atoms with E-state index in [1.54, 1.807) is 7.11 Å². The highest BCUT2D eigenvalue weighted by molar-refractivity contribution is 14.0. The molecular formula is C23H38IN3O2.